The molecule has 0 heterocycles. The monoisotopic (exact) mass is 813 g/mol. The van der Waals surface area contributed by atoms with Crippen molar-refractivity contribution in [1.82, 2.24) is 0 Å². The minimum absolute atomic E-state index is 0.0802. The van der Waals surface area contributed by atoms with Gasteiger partial charge < -0.3 is 14.2 Å². The van der Waals surface area contributed by atoms with E-state index in [2.05, 4.69) is 69.4 Å². The van der Waals surface area contributed by atoms with E-state index in [9.17, 15) is 14.4 Å². The second-order valence-electron chi connectivity index (χ2n) is 16.4. The van der Waals surface area contributed by atoms with Gasteiger partial charge in [-0.05, 0) is 83.5 Å². The van der Waals surface area contributed by atoms with Crippen LogP contribution in [0.2, 0.25) is 0 Å². The predicted octanol–water partition coefficient (Wildman–Crippen LogP) is 15.9. The lowest BCUT2D eigenvalue weighted by Gasteiger charge is -2.18. The third-order valence-corrected chi connectivity index (χ3v) is 10.6. The summed E-state index contributed by atoms with van der Waals surface area (Å²) in [5.74, 6) is -0.907. The van der Waals surface area contributed by atoms with Crippen LogP contribution in [-0.2, 0) is 28.6 Å². The highest BCUT2D eigenvalue weighted by Crippen LogP contribution is 2.14. The van der Waals surface area contributed by atoms with Crippen LogP contribution in [0.4, 0.5) is 0 Å². The van der Waals surface area contributed by atoms with Gasteiger partial charge in [0.1, 0.15) is 13.2 Å². The molecule has 6 nitrogen and oxygen atoms in total. The van der Waals surface area contributed by atoms with Crippen LogP contribution >= 0.6 is 0 Å². The summed E-state index contributed by atoms with van der Waals surface area (Å²) in [6.45, 7) is 6.54. The van der Waals surface area contributed by atoms with Crippen molar-refractivity contribution in [3.8, 4) is 0 Å². The molecule has 0 aromatic heterocycles. The van der Waals surface area contributed by atoms with Crippen LogP contribution in [0.15, 0.2) is 48.6 Å². The Morgan fingerprint density at radius 1 is 0.345 bits per heavy atom. The Balaban J connectivity index is 4.25. The zero-order valence-electron chi connectivity index (χ0n) is 38.3. The van der Waals surface area contributed by atoms with Gasteiger partial charge in [0.05, 0.1) is 0 Å². The number of unbranched alkanes of at least 4 members (excludes halogenated alkanes) is 25. The van der Waals surface area contributed by atoms with E-state index in [-0.39, 0.29) is 31.1 Å². The summed E-state index contributed by atoms with van der Waals surface area (Å²) in [5, 5.41) is 0. The summed E-state index contributed by atoms with van der Waals surface area (Å²) in [4.78, 5) is 37.7. The second kappa shape index (κ2) is 47.1. The highest BCUT2D eigenvalue weighted by molar-refractivity contribution is 5.71. The lowest BCUT2D eigenvalue weighted by atomic mass is 10.1. The molecule has 0 rings (SSSR count). The fourth-order valence-electron chi connectivity index (χ4n) is 6.80. The van der Waals surface area contributed by atoms with Crippen LogP contribution in [0.25, 0.3) is 0 Å². The molecule has 0 aliphatic heterocycles. The minimum atomic E-state index is -0.777. The normalized spacial score (nSPS) is 12.4. The number of rotatable bonds is 44. The van der Waals surface area contributed by atoms with Gasteiger partial charge in [-0.1, -0.05) is 191 Å². The third kappa shape index (κ3) is 44.5. The smallest absolute Gasteiger partial charge is 0.306 e. The minimum Gasteiger partial charge on any atom is -0.462 e. The first kappa shape index (κ1) is 55.4. The van der Waals surface area contributed by atoms with E-state index in [1.165, 1.54) is 116 Å². The van der Waals surface area contributed by atoms with E-state index in [0.29, 0.717) is 19.3 Å². The summed E-state index contributed by atoms with van der Waals surface area (Å²) < 4.78 is 16.7. The number of allylic oxidation sites excluding steroid dienone is 8. The van der Waals surface area contributed by atoms with Crippen molar-refractivity contribution in [2.45, 2.75) is 252 Å². The van der Waals surface area contributed by atoms with Crippen LogP contribution in [-0.4, -0.2) is 37.2 Å². The topological polar surface area (TPSA) is 78.9 Å². The van der Waals surface area contributed by atoms with Gasteiger partial charge >= 0.3 is 17.9 Å². The molecular weight excluding hydrogens is 721 g/mol. The average Bonchev–Trinajstić information content (AvgIpc) is 3.22. The highest BCUT2D eigenvalue weighted by atomic mass is 16.6. The standard InChI is InChI=1S/C52H92O6/c1-4-7-10-13-16-18-20-22-23-24-25-26-27-28-29-30-32-33-36-39-42-45-51(54)57-48-49(47-56-50(53)44-41-38-35-15-12-9-6-3)58-52(55)46-43-40-37-34-31-21-19-17-14-11-8-5-2/h17,19-20,22,24-25,27-28,49H,4-16,18,21,23,26,29-48H2,1-3H3/b19-17-,22-20-,25-24-,28-27-. The van der Waals surface area contributed by atoms with Crippen molar-refractivity contribution in [1.29, 1.82) is 0 Å². The Kier molecular flexibility index (Phi) is 44.9. The molecule has 1 atom stereocenters. The lowest BCUT2D eigenvalue weighted by Crippen LogP contribution is -2.30. The Hall–Kier alpha value is -2.63. The molecule has 0 radical (unpaired) electrons. The van der Waals surface area contributed by atoms with Crippen LogP contribution in [0.3, 0.4) is 0 Å². The SMILES string of the molecule is CCCCC/C=C\CCCCCCCC(=O)OC(COC(=O)CCCCCCCCC)COC(=O)CCCCCCCC/C=C\C/C=C\C/C=C\CCCCCCC. The average molecular weight is 813 g/mol. The van der Waals surface area contributed by atoms with Crippen LogP contribution in [0, 0.1) is 0 Å². The summed E-state index contributed by atoms with van der Waals surface area (Å²) in [5.41, 5.74) is 0. The van der Waals surface area contributed by atoms with E-state index in [4.69, 9.17) is 14.2 Å². The number of hydrogen-bond donors (Lipinski definition) is 0. The molecule has 0 bridgehead atoms. The quantitative estimate of drug-likeness (QED) is 0.0264. The van der Waals surface area contributed by atoms with Gasteiger partial charge in [0.2, 0.25) is 0 Å². The molecule has 58 heavy (non-hydrogen) atoms. The number of esters is 3. The highest BCUT2D eigenvalue weighted by Gasteiger charge is 2.19. The Bertz CT molecular complexity index is 1030. The van der Waals surface area contributed by atoms with Crippen molar-refractivity contribution in [3.63, 3.8) is 0 Å². The van der Waals surface area contributed by atoms with Gasteiger partial charge in [-0.2, -0.15) is 0 Å². The first-order valence-corrected chi connectivity index (χ1v) is 24.6. The van der Waals surface area contributed by atoms with E-state index in [1.54, 1.807) is 0 Å². The molecule has 0 amide bonds. The molecule has 6 heteroatoms. The molecular formula is C52H92O6. The maximum atomic E-state index is 12.7. The zero-order chi connectivity index (χ0) is 42.3. The fourth-order valence-corrected chi connectivity index (χ4v) is 6.80. The summed E-state index contributed by atoms with van der Waals surface area (Å²) in [6, 6.07) is 0. The largest absolute Gasteiger partial charge is 0.462 e. The molecule has 0 N–H and O–H groups in total. The molecule has 0 aromatic rings. The molecule has 0 saturated carbocycles. The van der Waals surface area contributed by atoms with Gasteiger partial charge in [0, 0.05) is 19.3 Å². The summed E-state index contributed by atoms with van der Waals surface area (Å²) >= 11 is 0. The number of ether oxygens (including phenoxy) is 3. The van der Waals surface area contributed by atoms with Gasteiger partial charge in [0.15, 0.2) is 6.10 Å². The van der Waals surface area contributed by atoms with Gasteiger partial charge in [-0.25, -0.2) is 0 Å². The maximum absolute atomic E-state index is 12.7. The fraction of sp³-hybridized carbons (Fsp3) is 0.788. The second-order valence-corrected chi connectivity index (χ2v) is 16.4. The summed E-state index contributed by atoms with van der Waals surface area (Å²) in [6.07, 6.45) is 55.4. The summed E-state index contributed by atoms with van der Waals surface area (Å²) in [7, 11) is 0. The van der Waals surface area contributed by atoms with Gasteiger partial charge in [-0.3, -0.25) is 14.4 Å². The zero-order valence-corrected chi connectivity index (χ0v) is 38.3. The first-order valence-electron chi connectivity index (χ1n) is 24.6. The Morgan fingerprint density at radius 3 is 1.02 bits per heavy atom. The predicted molar refractivity (Wildman–Crippen MR) is 247 cm³/mol. The van der Waals surface area contributed by atoms with Crippen molar-refractivity contribution >= 4 is 17.9 Å². The number of carbonyl (C=O) groups excluding carboxylic acids is 3. The van der Waals surface area contributed by atoms with E-state index in [0.717, 1.165) is 89.9 Å². The maximum Gasteiger partial charge on any atom is 0.306 e. The molecule has 0 aliphatic rings. The molecule has 0 fully saturated rings. The van der Waals surface area contributed by atoms with Crippen LogP contribution in [0.1, 0.15) is 245 Å². The molecule has 0 aromatic carbocycles. The Morgan fingerprint density at radius 2 is 0.621 bits per heavy atom. The molecule has 336 valence electrons. The van der Waals surface area contributed by atoms with Crippen LogP contribution in [0.5, 0.6) is 0 Å². The van der Waals surface area contributed by atoms with Crippen LogP contribution < -0.4 is 0 Å². The molecule has 0 aliphatic carbocycles. The molecule has 0 saturated heterocycles. The van der Waals surface area contributed by atoms with Crippen molar-refractivity contribution < 1.29 is 28.6 Å². The molecule has 0 spiro atoms. The number of hydrogen-bond acceptors (Lipinski definition) is 6. The molecule has 1 unspecified atom stereocenters. The third-order valence-electron chi connectivity index (χ3n) is 10.6. The first-order chi connectivity index (χ1) is 28.5. The van der Waals surface area contributed by atoms with Crippen molar-refractivity contribution in [2.75, 3.05) is 13.2 Å². The number of carbonyl (C=O) groups is 3. The van der Waals surface area contributed by atoms with E-state index in [1.807, 2.05) is 0 Å². The van der Waals surface area contributed by atoms with E-state index >= 15 is 0 Å². The van der Waals surface area contributed by atoms with Crippen molar-refractivity contribution in [3.05, 3.63) is 48.6 Å². The lowest BCUT2D eigenvalue weighted by molar-refractivity contribution is -0.167. The van der Waals surface area contributed by atoms with Crippen molar-refractivity contribution in [2.24, 2.45) is 0 Å². The van der Waals surface area contributed by atoms with E-state index < -0.39 is 6.10 Å². The van der Waals surface area contributed by atoms with Gasteiger partial charge in [-0.15, -0.1) is 0 Å². The van der Waals surface area contributed by atoms with Gasteiger partial charge in [0.25, 0.3) is 0 Å². The Labute approximate surface area is 358 Å².